The van der Waals surface area contributed by atoms with Crippen LogP contribution in [0.25, 0.3) is 0 Å². The van der Waals surface area contributed by atoms with Crippen LogP contribution in [-0.4, -0.2) is 33.9 Å². The first kappa shape index (κ1) is 14.9. The fourth-order valence-electron chi connectivity index (χ4n) is 2.78. The predicted molar refractivity (Wildman–Crippen MR) is 87.1 cm³/mol. The fourth-order valence-corrected chi connectivity index (χ4v) is 3.45. The van der Waals surface area contributed by atoms with Crippen molar-refractivity contribution in [2.24, 2.45) is 5.73 Å². The predicted octanol–water partition coefficient (Wildman–Crippen LogP) is 2.21. The number of carbonyl (C=O) groups is 1. The molecule has 0 bridgehead atoms. The number of carbonyl (C=O) groups excluding carboxylic acids is 1. The number of hydrogen-bond acceptors (Lipinski definition) is 6. The van der Waals surface area contributed by atoms with Crippen LogP contribution in [0.1, 0.15) is 29.5 Å². The zero-order valence-corrected chi connectivity index (χ0v) is 13.3. The number of hydrogen-bond donors (Lipinski definition) is 2. The molecule has 2 aromatic heterocycles. The van der Waals surface area contributed by atoms with Crippen molar-refractivity contribution in [2.45, 2.75) is 25.8 Å². The summed E-state index contributed by atoms with van der Waals surface area (Å²) in [6.45, 7) is 3.20. The Kier molecular flexibility index (Phi) is 4.35. The Morgan fingerprint density at radius 1 is 1.55 bits per heavy atom. The number of anilines is 2. The van der Waals surface area contributed by atoms with Gasteiger partial charge in [-0.15, -0.1) is 11.3 Å². The van der Waals surface area contributed by atoms with Gasteiger partial charge in [0, 0.05) is 11.1 Å². The Morgan fingerprint density at radius 3 is 3.14 bits per heavy atom. The van der Waals surface area contributed by atoms with E-state index in [0.29, 0.717) is 0 Å². The van der Waals surface area contributed by atoms with E-state index in [0.717, 1.165) is 40.9 Å². The average molecular weight is 317 g/mol. The van der Waals surface area contributed by atoms with Gasteiger partial charge in [0.15, 0.2) is 5.13 Å². The van der Waals surface area contributed by atoms with Crippen LogP contribution < -0.4 is 11.1 Å². The van der Waals surface area contributed by atoms with Crippen LogP contribution in [0.15, 0.2) is 24.4 Å². The summed E-state index contributed by atoms with van der Waals surface area (Å²) in [6, 6.07) is 6.06. The second-order valence-electron chi connectivity index (χ2n) is 5.44. The summed E-state index contributed by atoms with van der Waals surface area (Å²) in [4.78, 5) is 23.4. The van der Waals surface area contributed by atoms with Gasteiger partial charge in [-0.1, -0.05) is 6.07 Å². The highest BCUT2D eigenvalue weighted by Crippen LogP contribution is 2.31. The van der Waals surface area contributed by atoms with Crippen LogP contribution >= 0.6 is 11.3 Å². The summed E-state index contributed by atoms with van der Waals surface area (Å²) in [5, 5.41) is 4.07. The SMILES string of the molecule is Cc1cnc(Nc2cccc([C@@H]3CCCN3CC(N)=O)n2)s1. The number of amides is 1. The summed E-state index contributed by atoms with van der Waals surface area (Å²) in [5.74, 6) is 0.484. The number of rotatable bonds is 5. The molecule has 0 radical (unpaired) electrons. The Labute approximate surface area is 133 Å². The molecule has 3 rings (SSSR count). The van der Waals surface area contributed by atoms with Gasteiger partial charge < -0.3 is 11.1 Å². The molecular formula is C15H19N5OS. The maximum atomic E-state index is 11.2. The van der Waals surface area contributed by atoms with Gasteiger partial charge in [-0.2, -0.15) is 0 Å². The standard InChI is InChI=1S/C15H19N5OS/c1-10-8-17-15(22-10)19-14-6-2-4-11(18-14)12-5-3-7-20(12)9-13(16)21/h2,4,6,8,12H,3,5,7,9H2,1H3,(H2,16,21)(H,17,18,19)/t12-/m0/s1. The first-order valence-corrected chi connectivity index (χ1v) is 8.12. The van der Waals surface area contributed by atoms with Gasteiger partial charge in [-0.25, -0.2) is 9.97 Å². The summed E-state index contributed by atoms with van der Waals surface area (Å²) < 4.78 is 0. The zero-order chi connectivity index (χ0) is 15.5. The van der Waals surface area contributed by atoms with E-state index in [-0.39, 0.29) is 18.5 Å². The lowest BCUT2D eigenvalue weighted by Crippen LogP contribution is -2.33. The highest BCUT2D eigenvalue weighted by atomic mass is 32.1. The summed E-state index contributed by atoms with van der Waals surface area (Å²) in [5.41, 5.74) is 6.30. The van der Waals surface area contributed by atoms with E-state index >= 15 is 0 Å². The van der Waals surface area contributed by atoms with Gasteiger partial charge in [0.1, 0.15) is 5.82 Å². The van der Waals surface area contributed by atoms with E-state index in [2.05, 4.69) is 20.2 Å². The van der Waals surface area contributed by atoms with Gasteiger partial charge >= 0.3 is 0 Å². The molecule has 116 valence electrons. The Hall–Kier alpha value is -1.99. The van der Waals surface area contributed by atoms with E-state index < -0.39 is 0 Å². The third kappa shape index (κ3) is 3.42. The summed E-state index contributed by atoms with van der Waals surface area (Å²) >= 11 is 1.60. The minimum atomic E-state index is -0.292. The van der Waals surface area contributed by atoms with Gasteiger partial charge in [0.2, 0.25) is 5.91 Å². The Bertz CT molecular complexity index is 671. The van der Waals surface area contributed by atoms with E-state index in [1.807, 2.05) is 31.3 Å². The van der Waals surface area contributed by atoms with Crippen molar-refractivity contribution >= 4 is 28.2 Å². The number of nitrogens with two attached hydrogens (primary N) is 1. The quantitative estimate of drug-likeness (QED) is 0.883. The van der Waals surface area contributed by atoms with Gasteiger partial charge in [-0.3, -0.25) is 9.69 Å². The molecule has 3 heterocycles. The van der Waals surface area contributed by atoms with E-state index in [1.165, 1.54) is 0 Å². The molecule has 1 aliphatic rings. The third-order valence-electron chi connectivity index (χ3n) is 3.69. The van der Waals surface area contributed by atoms with E-state index in [4.69, 9.17) is 5.73 Å². The van der Waals surface area contributed by atoms with Crippen molar-refractivity contribution in [3.63, 3.8) is 0 Å². The second kappa shape index (κ2) is 6.41. The number of primary amides is 1. The molecule has 2 aromatic rings. The molecule has 3 N–H and O–H groups in total. The molecule has 0 unspecified atom stereocenters. The highest BCUT2D eigenvalue weighted by Gasteiger charge is 2.28. The monoisotopic (exact) mass is 317 g/mol. The highest BCUT2D eigenvalue weighted by molar-refractivity contribution is 7.15. The molecule has 1 aliphatic heterocycles. The van der Waals surface area contributed by atoms with Crippen LogP contribution in [-0.2, 0) is 4.79 Å². The minimum Gasteiger partial charge on any atom is -0.369 e. The number of aryl methyl sites for hydroxylation is 1. The van der Waals surface area contributed by atoms with Crippen molar-refractivity contribution in [1.82, 2.24) is 14.9 Å². The zero-order valence-electron chi connectivity index (χ0n) is 12.5. The molecule has 0 saturated carbocycles. The van der Waals surface area contributed by atoms with Gasteiger partial charge in [0.05, 0.1) is 18.3 Å². The normalized spacial score (nSPS) is 18.5. The smallest absolute Gasteiger partial charge is 0.231 e. The molecule has 7 heteroatoms. The maximum Gasteiger partial charge on any atom is 0.231 e. The van der Waals surface area contributed by atoms with E-state index in [1.54, 1.807) is 11.3 Å². The minimum absolute atomic E-state index is 0.160. The molecule has 0 spiro atoms. The van der Waals surface area contributed by atoms with Crippen LogP contribution in [0.5, 0.6) is 0 Å². The Balaban J connectivity index is 1.77. The first-order valence-electron chi connectivity index (χ1n) is 7.30. The lowest BCUT2D eigenvalue weighted by molar-refractivity contribution is -0.119. The van der Waals surface area contributed by atoms with Crippen LogP contribution in [0, 0.1) is 6.92 Å². The molecule has 22 heavy (non-hydrogen) atoms. The van der Waals surface area contributed by atoms with E-state index in [9.17, 15) is 4.79 Å². The van der Waals surface area contributed by atoms with Crippen LogP contribution in [0.4, 0.5) is 10.9 Å². The summed E-state index contributed by atoms with van der Waals surface area (Å²) in [7, 11) is 0. The van der Waals surface area contributed by atoms with Gasteiger partial charge in [0.25, 0.3) is 0 Å². The van der Waals surface area contributed by atoms with Gasteiger partial charge in [-0.05, 0) is 38.4 Å². The fraction of sp³-hybridized carbons (Fsp3) is 0.400. The van der Waals surface area contributed by atoms with Crippen molar-refractivity contribution < 1.29 is 4.79 Å². The molecule has 1 atom stereocenters. The van der Waals surface area contributed by atoms with Crippen LogP contribution in [0.3, 0.4) is 0 Å². The molecule has 0 aromatic carbocycles. The molecule has 0 aliphatic carbocycles. The molecule has 6 nitrogen and oxygen atoms in total. The van der Waals surface area contributed by atoms with Crippen LogP contribution in [0.2, 0.25) is 0 Å². The molecule has 1 fully saturated rings. The summed E-state index contributed by atoms with van der Waals surface area (Å²) in [6.07, 6.45) is 3.89. The second-order valence-corrected chi connectivity index (χ2v) is 6.68. The van der Waals surface area contributed by atoms with Crippen molar-refractivity contribution in [2.75, 3.05) is 18.4 Å². The number of likely N-dealkylation sites (tertiary alicyclic amines) is 1. The third-order valence-corrected chi connectivity index (χ3v) is 4.52. The van der Waals surface area contributed by atoms with Crippen molar-refractivity contribution in [3.05, 3.63) is 35.0 Å². The van der Waals surface area contributed by atoms with Crippen molar-refractivity contribution in [1.29, 1.82) is 0 Å². The van der Waals surface area contributed by atoms with Crippen molar-refractivity contribution in [3.8, 4) is 0 Å². The molecule has 1 saturated heterocycles. The number of nitrogens with zero attached hydrogens (tertiary/aromatic N) is 3. The topological polar surface area (TPSA) is 84.1 Å². The molecular weight excluding hydrogens is 298 g/mol. The number of pyridine rings is 1. The largest absolute Gasteiger partial charge is 0.369 e. The molecule has 1 amide bonds. The number of aromatic nitrogens is 2. The average Bonchev–Trinajstić information content (AvgIpc) is 3.08. The lowest BCUT2D eigenvalue weighted by Gasteiger charge is -2.22. The number of thiazole rings is 1. The lowest BCUT2D eigenvalue weighted by atomic mass is 10.1. The number of nitrogens with one attached hydrogen (secondary N) is 1. The Morgan fingerprint density at radius 2 is 2.41 bits per heavy atom. The first-order chi connectivity index (χ1) is 10.6. The maximum absolute atomic E-state index is 11.2.